The van der Waals surface area contributed by atoms with Gasteiger partial charge in [-0.05, 0) is 24.6 Å². The van der Waals surface area contributed by atoms with E-state index in [1.165, 1.54) is 18.2 Å². The Morgan fingerprint density at radius 2 is 2.10 bits per heavy atom. The first-order chi connectivity index (χ1) is 9.66. The second-order valence-corrected chi connectivity index (χ2v) is 7.44. The van der Waals surface area contributed by atoms with Gasteiger partial charge in [0.05, 0.1) is 11.0 Å². The molecule has 1 aliphatic rings. The first-order valence-corrected chi connectivity index (χ1v) is 8.17. The molecule has 6 nitrogen and oxygen atoms in total. The molecule has 1 fully saturated rings. The van der Waals surface area contributed by atoms with Gasteiger partial charge in [-0.2, -0.15) is 0 Å². The molecule has 2 atom stereocenters. The van der Waals surface area contributed by atoms with Gasteiger partial charge in [0.2, 0.25) is 10.0 Å². The number of amides is 1. The van der Waals surface area contributed by atoms with Crippen molar-refractivity contribution in [3.05, 3.63) is 29.8 Å². The number of benzene rings is 1. The third-order valence-electron chi connectivity index (χ3n) is 4.19. The van der Waals surface area contributed by atoms with Crippen LogP contribution < -0.4 is 10.5 Å². The van der Waals surface area contributed by atoms with Crippen molar-refractivity contribution in [2.24, 2.45) is 10.6 Å². The number of primary sulfonamides is 1. The molecule has 21 heavy (non-hydrogen) atoms. The molecule has 0 radical (unpaired) electrons. The number of sulfonamides is 1. The number of rotatable bonds is 4. The van der Waals surface area contributed by atoms with Crippen LogP contribution in [-0.2, 0) is 14.8 Å². The minimum atomic E-state index is -3.81. The van der Waals surface area contributed by atoms with E-state index in [1.54, 1.807) is 13.2 Å². The predicted molar refractivity (Wildman–Crippen MR) is 78.3 cm³/mol. The number of hydrogen-bond acceptors (Lipinski definition) is 4. The van der Waals surface area contributed by atoms with E-state index in [4.69, 9.17) is 9.88 Å². The molecule has 7 heteroatoms. The Morgan fingerprint density at radius 3 is 2.62 bits per heavy atom. The summed E-state index contributed by atoms with van der Waals surface area (Å²) < 4.78 is 28.0. The van der Waals surface area contributed by atoms with Crippen LogP contribution in [0.1, 0.15) is 30.6 Å². The number of nitrogens with two attached hydrogens (primary N) is 1. The van der Waals surface area contributed by atoms with Crippen LogP contribution >= 0.6 is 0 Å². The van der Waals surface area contributed by atoms with Crippen molar-refractivity contribution in [3.8, 4) is 0 Å². The Bertz CT molecular complexity index is 655. The average molecular weight is 312 g/mol. The molecule has 0 aliphatic heterocycles. The van der Waals surface area contributed by atoms with Crippen molar-refractivity contribution >= 4 is 15.9 Å². The van der Waals surface area contributed by atoms with Gasteiger partial charge in [0.15, 0.2) is 0 Å². The molecule has 0 heterocycles. The van der Waals surface area contributed by atoms with Gasteiger partial charge >= 0.3 is 0 Å². The van der Waals surface area contributed by atoms with Crippen LogP contribution in [0.5, 0.6) is 0 Å². The van der Waals surface area contributed by atoms with Crippen molar-refractivity contribution in [1.29, 1.82) is 0 Å². The van der Waals surface area contributed by atoms with Crippen LogP contribution in [-0.4, -0.2) is 33.6 Å². The molecule has 0 spiro atoms. The Kier molecular flexibility index (Phi) is 4.10. The molecule has 2 rings (SSSR count). The SMILES string of the molecule is COC1CC(NC(=O)c2cccc(S(N)(=O)=O)c2)C1(C)C. The maximum absolute atomic E-state index is 12.2. The molecule has 1 saturated carbocycles. The Labute approximate surface area is 124 Å². The van der Waals surface area contributed by atoms with Crippen LogP contribution in [0.25, 0.3) is 0 Å². The van der Waals surface area contributed by atoms with Crippen molar-refractivity contribution in [3.63, 3.8) is 0 Å². The lowest BCUT2D eigenvalue weighted by molar-refractivity contribution is -0.0942. The van der Waals surface area contributed by atoms with Gasteiger partial charge in [0.25, 0.3) is 5.91 Å². The minimum Gasteiger partial charge on any atom is -0.381 e. The van der Waals surface area contributed by atoms with E-state index >= 15 is 0 Å². The van der Waals surface area contributed by atoms with Gasteiger partial charge in [0, 0.05) is 24.1 Å². The molecule has 1 aliphatic carbocycles. The first-order valence-electron chi connectivity index (χ1n) is 6.63. The molecular formula is C14H20N2O4S. The third-order valence-corrected chi connectivity index (χ3v) is 5.10. The Morgan fingerprint density at radius 1 is 1.43 bits per heavy atom. The second kappa shape index (κ2) is 5.40. The fourth-order valence-corrected chi connectivity index (χ4v) is 3.15. The van der Waals surface area contributed by atoms with E-state index in [2.05, 4.69) is 5.32 Å². The molecule has 0 saturated heterocycles. The number of nitrogens with one attached hydrogen (secondary N) is 1. The van der Waals surface area contributed by atoms with Crippen LogP contribution in [0, 0.1) is 5.41 Å². The summed E-state index contributed by atoms with van der Waals surface area (Å²) >= 11 is 0. The number of carbonyl (C=O) groups is 1. The maximum atomic E-state index is 12.2. The second-order valence-electron chi connectivity index (χ2n) is 5.88. The van der Waals surface area contributed by atoms with E-state index in [9.17, 15) is 13.2 Å². The molecule has 0 bridgehead atoms. The van der Waals surface area contributed by atoms with E-state index < -0.39 is 10.0 Å². The fourth-order valence-electron chi connectivity index (χ4n) is 2.59. The van der Waals surface area contributed by atoms with Crippen molar-refractivity contribution in [1.82, 2.24) is 5.32 Å². The zero-order valence-corrected chi connectivity index (χ0v) is 13.1. The van der Waals surface area contributed by atoms with E-state index in [1.807, 2.05) is 13.8 Å². The van der Waals surface area contributed by atoms with Crippen LogP contribution in [0.3, 0.4) is 0 Å². The zero-order valence-electron chi connectivity index (χ0n) is 12.3. The van der Waals surface area contributed by atoms with E-state index in [-0.39, 0.29) is 33.9 Å². The van der Waals surface area contributed by atoms with E-state index in [0.29, 0.717) is 0 Å². The lowest BCUT2D eigenvalue weighted by Gasteiger charge is -2.51. The molecule has 1 aromatic rings. The monoisotopic (exact) mass is 312 g/mol. The average Bonchev–Trinajstić information content (AvgIpc) is 2.42. The van der Waals surface area contributed by atoms with Gasteiger partial charge in [-0.1, -0.05) is 19.9 Å². The van der Waals surface area contributed by atoms with E-state index in [0.717, 1.165) is 6.42 Å². The largest absolute Gasteiger partial charge is 0.381 e. The number of hydrogen-bond donors (Lipinski definition) is 2. The summed E-state index contributed by atoms with van der Waals surface area (Å²) in [6, 6.07) is 5.69. The third kappa shape index (κ3) is 3.09. The minimum absolute atomic E-state index is 0.00640. The highest BCUT2D eigenvalue weighted by atomic mass is 32.2. The summed E-state index contributed by atoms with van der Waals surface area (Å²) in [5.41, 5.74) is 0.125. The van der Waals surface area contributed by atoms with Crippen LogP contribution in [0.4, 0.5) is 0 Å². The highest BCUT2D eigenvalue weighted by Gasteiger charge is 2.49. The molecule has 0 aromatic heterocycles. The van der Waals surface area contributed by atoms with Crippen molar-refractivity contribution in [2.75, 3.05) is 7.11 Å². The van der Waals surface area contributed by atoms with Crippen LogP contribution in [0.15, 0.2) is 29.2 Å². The normalized spacial score (nSPS) is 24.2. The van der Waals surface area contributed by atoms with Crippen LogP contribution in [0.2, 0.25) is 0 Å². The first kappa shape index (κ1) is 15.9. The summed E-state index contributed by atoms with van der Waals surface area (Å²) in [4.78, 5) is 12.2. The number of methoxy groups -OCH3 is 1. The number of carbonyl (C=O) groups excluding carboxylic acids is 1. The fraction of sp³-hybridized carbons (Fsp3) is 0.500. The highest BCUT2D eigenvalue weighted by molar-refractivity contribution is 7.89. The lowest BCUT2D eigenvalue weighted by Crippen LogP contribution is -2.61. The van der Waals surface area contributed by atoms with Gasteiger partial charge < -0.3 is 10.1 Å². The van der Waals surface area contributed by atoms with Gasteiger partial charge in [-0.3, -0.25) is 4.79 Å². The maximum Gasteiger partial charge on any atom is 0.251 e. The topological polar surface area (TPSA) is 98.5 Å². The lowest BCUT2D eigenvalue weighted by atomic mass is 9.64. The van der Waals surface area contributed by atoms with Crippen molar-refractivity contribution < 1.29 is 17.9 Å². The standard InChI is InChI=1S/C14H20N2O4S/c1-14(2)11(8-12(14)20-3)16-13(17)9-5-4-6-10(7-9)21(15,18)19/h4-7,11-12H,8H2,1-3H3,(H,16,17)(H2,15,18,19). The summed E-state index contributed by atoms with van der Waals surface area (Å²) in [6.45, 7) is 4.05. The molecule has 1 amide bonds. The predicted octanol–water partition coefficient (Wildman–Crippen LogP) is 0.877. The van der Waals surface area contributed by atoms with Gasteiger partial charge in [0.1, 0.15) is 0 Å². The molecule has 1 aromatic carbocycles. The van der Waals surface area contributed by atoms with Gasteiger partial charge in [-0.15, -0.1) is 0 Å². The summed E-state index contributed by atoms with van der Waals surface area (Å²) in [5, 5.41) is 7.98. The summed E-state index contributed by atoms with van der Waals surface area (Å²) in [6.07, 6.45) is 0.850. The Balaban J connectivity index is 2.12. The highest BCUT2D eigenvalue weighted by Crippen LogP contribution is 2.42. The molecule has 116 valence electrons. The molecule has 3 N–H and O–H groups in total. The molecular weight excluding hydrogens is 292 g/mol. The summed E-state index contributed by atoms with van der Waals surface area (Å²) in [5.74, 6) is -0.312. The number of ether oxygens (including phenoxy) is 1. The zero-order chi connectivity index (χ0) is 15.8. The Hall–Kier alpha value is -1.44. The van der Waals surface area contributed by atoms with Crippen molar-refractivity contribution in [2.45, 2.75) is 37.3 Å². The summed E-state index contributed by atoms with van der Waals surface area (Å²) in [7, 11) is -2.16. The molecule has 2 unspecified atom stereocenters. The van der Waals surface area contributed by atoms with Gasteiger partial charge in [-0.25, -0.2) is 13.6 Å². The smallest absolute Gasteiger partial charge is 0.251 e. The quantitative estimate of drug-likeness (QED) is 0.862.